The number of carbonyl (C=O) groups is 1. The van der Waals surface area contributed by atoms with Crippen molar-refractivity contribution in [1.29, 1.82) is 0 Å². The summed E-state index contributed by atoms with van der Waals surface area (Å²) >= 11 is 0. The molecule has 0 bridgehead atoms. The van der Waals surface area contributed by atoms with Gasteiger partial charge >= 0.3 is 5.97 Å². The fourth-order valence-corrected chi connectivity index (χ4v) is 1.64. The molecule has 1 saturated carbocycles. The molecule has 2 rings (SSSR count). The van der Waals surface area contributed by atoms with Gasteiger partial charge in [0, 0.05) is 17.8 Å². The number of aromatic amines is 1. The zero-order valence-corrected chi connectivity index (χ0v) is 7.41. The molecular formula is C9H12N2O2. The maximum Gasteiger partial charge on any atom is 0.326 e. The Hall–Kier alpha value is -1.29. The van der Waals surface area contributed by atoms with Crippen LogP contribution in [-0.4, -0.2) is 23.6 Å². The lowest BCUT2D eigenvalue weighted by Crippen LogP contribution is -2.35. The molecule has 1 aromatic rings. The molecule has 1 aliphatic carbocycles. The van der Waals surface area contributed by atoms with Crippen molar-refractivity contribution in [3.05, 3.63) is 24.0 Å². The SMILES string of the molecule is COC(=O)C1(N)CC1c1ccc[nH]1. The van der Waals surface area contributed by atoms with Gasteiger partial charge in [-0.15, -0.1) is 0 Å². The fraction of sp³-hybridized carbons (Fsp3) is 0.444. The van der Waals surface area contributed by atoms with E-state index in [0.29, 0.717) is 6.42 Å². The summed E-state index contributed by atoms with van der Waals surface area (Å²) < 4.78 is 4.63. The number of aromatic nitrogens is 1. The summed E-state index contributed by atoms with van der Waals surface area (Å²) in [4.78, 5) is 14.3. The van der Waals surface area contributed by atoms with Crippen LogP contribution in [0, 0.1) is 0 Å². The van der Waals surface area contributed by atoms with E-state index >= 15 is 0 Å². The minimum Gasteiger partial charge on any atom is -0.468 e. The van der Waals surface area contributed by atoms with E-state index in [0.717, 1.165) is 5.69 Å². The summed E-state index contributed by atoms with van der Waals surface area (Å²) in [6.07, 6.45) is 2.49. The molecule has 3 N–H and O–H groups in total. The first-order chi connectivity index (χ1) is 6.18. The van der Waals surface area contributed by atoms with Crippen molar-refractivity contribution in [2.24, 2.45) is 5.73 Å². The number of carbonyl (C=O) groups excluding carboxylic acids is 1. The van der Waals surface area contributed by atoms with Crippen LogP contribution in [0.4, 0.5) is 0 Å². The summed E-state index contributed by atoms with van der Waals surface area (Å²) in [5.74, 6) is -0.234. The van der Waals surface area contributed by atoms with Crippen LogP contribution in [0.25, 0.3) is 0 Å². The van der Waals surface area contributed by atoms with Gasteiger partial charge in [0.1, 0.15) is 5.54 Å². The molecule has 2 unspecified atom stereocenters. The number of hydrogen-bond acceptors (Lipinski definition) is 3. The van der Waals surface area contributed by atoms with Gasteiger partial charge in [-0.3, -0.25) is 4.79 Å². The van der Waals surface area contributed by atoms with Gasteiger partial charge in [0.25, 0.3) is 0 Å². The highest BCUT2D eigenvalue weighted by molar-refractivity contribution is 5.86. The van der Waals surface area contributed by atoms with Crippen LogP contribution >= 0.6 is 0 Å². The average molecular weight is 180 g/mol. The van der Waals surface area contributed by atoms with Gasteiger partial charge in [0.2, 0.25) is 0 Å². The molecule has 1 aliphatic rings. The Morgan fingerprint density at radius 1 is 1.85 bits per heavy atom. The van der Waals surface area contributed by atoms with E-state index in [2.05, 4.69) is 9.72 Å². The normalized spacial score (nSPS) is 31.4. The van der Waals surface area contributed by atoms with E-state index in [1.54, 1.807) is 0 Å². The number of ether oxygens (including phenoxy) is 1. The molecule has 4 heteroatoms. The molecule has 2 atom stereocenters. The summed E-state index contributed by atoms with van der Waals surface area (Å²) in [6, 6.07) is 3.83. The minimum absolute atomic E-state index is 0.0925. The lowest BCUT2D eigenvalue weighted by Gasteiger charge is -2.07. The smallest absolute Gasteiger partial charge is 0.326 e. The molecule has 70 valence electrons. The highest BCUT2D eigenvalue weighted by atomic mass is 16.5. The van der Waals surface area contributed by atoms with Gasteiger partial charge in [0.05, 0.1) is 7.11 Å². The third-order valence-corrected chi connectivity index (χ3v) is 2.57. The molecule has 13 heavy (non-hydrogen) atoms. The molecular weight excluding hydrogens is 168 g/mol. The Balaban J connectivity index is 2.14. The number of nitrogens with two attached hydrogens (primary N) is 1. The zero-order chi connectivity index (χ0) is 9.47. The molecule has 0 spiro atoms. The molecule has 4 nitrogen and oxygen atoms in total. The van der Waals surface area contributed by atoms with E-state index in [1.807, 2.05) is 18.3 Å². The van der Waals surface area contributed by atoms with Gasteiger partial charge < -0.3 is 15.5 Å². The van der Waals surface area contributed by atoms with Crippen molar-refractivity contribution in [2.45, 2.75) is 17.9 Å². The Bertz CT molecular complexity index is 320. The number of esters is 1. The second-order valence-electron chi connectivity index (χ2n) is 3.41. The summed E-state index contributed by atoms with van der Waals surface area (Å²) in [5, 5.41) is 0. The van der Waals surface area contributed by atoms with Crippen LogP contribution in [0.3, 0.4) is 0 Å². The van der Waals surface area contributed by atoms with Crippen molar-refractivity contribution >= 4 is 5.97 Å². The topological polar surface area (TPSA) is 68.1 Å². The predicted molar refractivity (Wildman–Crippen MR) is 47.1 cm³/mol. The Kier molecular flexibility index (Phi) is 1.66. The number of hydrogen-bond donors (Lipinski definition) is 2. The van der Waals surface area contributed by atoms with Gasteiger partial charge in [-0.05, 0) is 18.6 Å². The maximum atomic E-state index is 11.2. The van der Waals surface area contributed by atoms with Crippen LogP contribution in [0.2, 0.25) is 0 Å². The van der Waals surface area contributed by atoms with E-state index in [1.165, 1.54) is 7.11 Å². The number of methoxy groups -OCH3 is 1. The second kappa shape index (κ2) is 2.60. The molecule has 1 heterocycles. The van der Waals surface area contributed by atoms with E-state index in [-0.39, 0.29) is 11.9 Å². The zero-order valence-electron chi connectivity index (χ0n) is 7.41. The van der Waals surface area contributed by atoms with Gasteiger partial charge in [-0.2, -0.15) is 0 Å². The molecule has 0 aliphatic heterocycles. The van der Waals surface area contributed by atoms with Crippen LogP contribution in [-0.2, 0) is 9.53 Å². The Morgan fingerprint density at radius 2 is 2.62 bits per heavy atom. The number of rotatable bonds is 2. The molecule has 0 amide bonds. The first kappa shape index (κ1) is 8.31. The lowest BCUT2D eigenvalue weighted by molar-refractivity contribution is -0.143. The van der Waals surface area contributed by atoms with Crippen molar-refractivity contribution < 1.29 is 9.53 Å². The van der Waals surface area contributed by atoms with Gasteiger partial charge in [0.15, 0.2) is 0 Å². The van der Waals surface area contributed by atoms with Gasteiger partial charge in [-0.25, -0.2) is 0 Å². The van der Waals surface area contributed by atoms with Crippen LogP contribution < -0.4 is 5.73 Å². The summed E-state index contributed by atoms with van der Waals surface area (Å²) in [5.41, 5.74) is 6.06. The van der Waals surface area contributed by atoms with E-state index in [4.69, 9.17) is 5.73 Å². The number of H-pyrrole nitrogens is 1. The van der Waals surface area contributed by atoms with E-state index < -0.39 is 5.54 Å². The summed E-state index contributed by atoms with van der Waals surface area (Å²) in [6.45, 7) is 0. The first-order valence-electron chi connectivity index (χ1n) is 4.19. The first-order valence-corrected chi connectivity index (χ1v) is 4.19. The molecule has 0 aromatic carbocycles. The summed E-state index contributed by atoms with van der Waals surface area (Å²) in [7, 11) is 1.36. The van der Waals surface area contributed by atoms with Crippen molar-refractivity contribution in [3.63, 3.8) is 0 Å². The predicted octanol–water partition coefficient (Wildman–Crippen LogP) is 0.372. The maximum absolute atomic E-state index is 11.2. The van der Waals surface area contributed by atoms with Crippen molar-refractivity contribution in [2.75, 3.05) is 7.11 Å². The Morgan fingerprint density at radius 3 is 3.15 bits per heavy atom. The second-order valence-corrected chi connectivity index (χ2v) is 3.41. The number of nitrogens with one attached hydrogen (secondary N) is 1. The monoisotopic (exact) mass is 180 g/mol. The molecule has 0 radical (unpaired) electrons. The van der Waals surface area contributed by atoms with Crippen LogP contribution in [0.5, 0.6) is 0 Å². The molecule has 0 saturated heterocycles. The minimum atomic E-state index is -0.792. The quantitative estimate of drug-likeness (QED) is 0.646. The highest BCUT2D eigenvalue weighted by Gasteiger charge is 2.59. The van der Waals surface area contributed by atoms with Crippen LogP contribution in [0.15, 0.2) is 18.3 Å². The van der Waals surface area contributed by atoms with Crippen molar-refractivity contribution in [1.82, 2.24) is 4.98 Å². The average Bonchev–Trinajstić information content (AvgIpc) is 2.65. The third-order valence-electron chi connectivity index (χ3n) is 2.57. The Labute approximate surface area is 76.1 Å². The van der Waals surface area contributed by atoms with Gasteiger partial charge in [-0.1, -0.05) is 0 Å². The van der Waals surface area contributed by atoms with Crippen LogP contribution in [0.1, 0.15) is 18.0 Å². The molecule has 1 fully saturated rings. The van der Waals surface area contributed by atoms with Crippen molar-refractivity contribution in [3.8, 4) is 0 Å². The fourth-order valence-electron chi connectivity index (χ4n) is 1.64. The highest BCUT2D eigenvalue weighted by Crippen LogP contribution is 2.49. The molecule has 1 aromatic heterocycles. The standard InChI is InChI=1S/C9H12N2O2/c1-13-8(12)9(10)5-6(9)7-3-2-4-11-7/h2-4,6,11H,5,10H2,1H3. The third kappa shape index (κ3) is 1.14. The van der Waals surface area contributed by atoms with E-state index in [9.17, 15) is 4.79 Å². The lowest BCUT2D eigenvalue weighted by atomic mass is 10.2. The largest absolute Gasteiger partial charge is 0.468 e.